The van der Waals surface area contributed by atoms with Crippen molar-refractivity contribution in [1.29, 1.82) is 0 Å². The van der Waals surface area contributed by atoms with Crippen molar-refractivity contribution in [1.82, 2.24) is 0 Å². The lowest BCUT2D eigenvalue weighted by Crippen LogP contribution is -2.05. The van der Waals surface area contributed by atoms with Crippen LogP contribution in [0.5, 0.6) is 5.75 Å². The van der Waals surface area contributed by atoms with E-state index in [4.69, 9.17) is 4.74 Å². The summed E-state index contributed by atoms with van der Waals surface area (Å²) in [6.07, 6.45) is 1.12. The van der Waals surface area contributed by atoms with E-state index in [1.807, 2.05) is 17.4 Å². The second-order valence-electron chi connectivity index (χ2n) is 4.78. The Hall–Kier alpha value is -1.37. The van der Waals surface area contributed by atoms with Gasteiger partial charge in [0, 0.05) is 21.0 Å². The van der Waals surface area contributed by atoms with Crippen molar-refractivity contribution < 1.29 is 4.74 Å². The minimum Gasteiger partial charge on any atom is -0.496 e. The molecule has 2 aromatic carbocycles. The van der Waals surface area contributed by atoms with E-state index in [1.54, 1.807) is 7.11 Å². The van der Waals surface area contributed by atoms with Crippen LogP contribution in [0.15, 0.2) is 54.6 Å². The highest BCUT2D eigenvalue weighted by Gasteiger charge is 2.12. The number of para-hydroxylation sites is 1. The summed E-state index contributed by atoms with van der Waals surface area (Å²) in [6.45, 7) is 2.33. The lowest BCUT2D eigenvalue weighted by molar-refractivity contribution is 0.418. The Bertz CT molecular complexity index is 687. The Labute approximate surface area is 125 Å². The summed E-state index contributed by atoms with van der Waals surface area (Å²) in [6, 6.07) is 19.3. The Morgan fingerprint density at radius 1 is 1.05 bits per heavy atom. The minimum absolute atomic E-state index is 0.230. The first-order valence-corrected chi connectivity index (χ1v) is 9.38. The second-order valence-corrected chi connectivity index (χ2v) is 8.14. The molecule has 0 saturated carbocycles. The Morgan fingerprint density at radius 3 is 2.60 bits per heavy atom. The third-order valence-corrected chi connectivity index (χ3v) is 6.70. The number of methoxy groups -OCH3 is 1. The highest BCUT2D eigenvalue weighted by atomic mass is 32.1. The molecular formula is C17H17OPS. The van der Waals surface area contributed by atoms with Gasteiger partial charge in [-0.1, -0.05) is 44.3 Å². The topological polar surface area (TPSA) is 9.23 Å². The van der Waals surface area contributed by atoms with Gasteiger partial charge in [0.1, 0.15) is 5.75 Å². The lowest BCUT2D eigenvalue weighted by atomic mass is 10.2. The van der Waals surface area contributed by atoms with Crippen molar-refractivity contribution in [3.8, 4) is 5.75 Å². The van der Waals surface area contributed by atoms with E-state index >= 15 is 0 Å². The molecular weight excluding hydrogens is 283 g/mol. The average Bonchev–Trinajstić information content (AvgIpc) is 2.89. The molecule has 0 N–H and O–H groups in total. The van der Waals surface area contributed by atoms with Crippen LogP contribution in [0.2, 0.25) is 0 Å². The van der Waals surface area contributed by atoms with Crippen LogP contribution in [-0.2, 0) is 6.16 Å². The van der Waals surface area contributed by atoms with Crippen LogP contribution in [0.3, 0.4) is 0 Å². The summed E-state index contributed by atoms with van der Waals surface area (Å²) in [5, 5.41) is 2.71. The second kappa shape index (κ2) is 5.95. The molecule has 0 bridgehead atoms. The van der Waals surface area contributed by atoms with Gasteiger partial charge in [-0.25, -0.2) is 0 Å². The van der Waals surface area contributed by atoms with Crippen LogP contribution < -0.4 is 10.0 Å². The molecule has 20 heavy (non-hydrogen) atoms. The van der Waals surface area contributed by atoms with Crippen LogP contribution >= 0.6 is 19.3 Å². The number of ether oxygens (including phenoxy) is 1. The Balaban J connectivity index is 1.86. The lowest BCUT2D eigenvalue weighted by Gasteiger charge is -2.15. The van der Waals surface area contributed by atoms with Gasteiger partial charge in [0.15, 0.2) is 0 Å². The first-order chi connectivity index (χ1) is 9.78. The molecule has 3 rings (SSSR count). The fourth-order valence-electron chi connectivity index (χ4n) is 2.38. The maximum atomic E-state index is 5.48. The SMILES string of the molecule is COc1ccccc1P(C)Cc1cc2ccccc2s1. The number of rotatable bonds is 4. The van der Waals surface area contributed by atoms with E-state index in [9.17, 15) is 0 Å². The normalized spacial score (nSPS) is 12.5. The predicted molar refractivity (Wildman–Crippen MR) is 91.0 cm³/mol. The predicted octanol–water partition coefficient (Wildman–Crippen LogP) is 4.85. The average molecular weight is 300 g/mol. The van der Waals surface area contributed by atoms with E-state index in [0.29, 0.717) is 0 Å². The zero-order valence-electron chi connectivity index (χ0n) is 11.7. The van der Waals surface area contributed by atoms with Crippen LogP contribution in [0.4, 0.5) is 0 Å². The van der Waals surface area contributed by atoms with Gasteiger partial charge in [-0.15, -0.1) is 11.3 Å². The first-order valence-electron chi connectivity index (χ1n) is 6.59. The highest BCUT2D eigenvalue weighted by molar-refractivity contribution is 7.64. The van der Waals surface area contributed by atoms with Gasteiger partial charge in [0.25, 0.3) is 0 Å². The molecule has 1 nitrogen and oxygen atoms in total. The quantitative estimate of drug-likeness (QED) is 0.626. The fraction of sp³-hybridized carbons (Fsp3) is 0.176. The maximum Gasteiger partial charge on any atom is 0.126 e. The van der Waals surface area contributed by atoms with Gasteiger partial charge in [0.2, 0.25) is 0 Å². The van der Waals surface area contributed by atoms with E-state index in [-0.39, 0.29) is 7.92 Å². The van der Waals surface area contributed by atoms with Gasteiger partial charge in [-0.3, -0.25) is 0 Å². The zero-order valence-corrected chi connectivity index (χ0v) is 13.4. The number of thiophene rings is 1. The maximum absolute atomic E-state index is 5.48. The molecule has 0 spiro atoms. The first kappa shape index (κ1) is 13.6. The van der Waals surface area contributed by atoms with Crippen molar-refractivity contribution in [2.24, 2.45) is 0 Å². The van der Waals surface area contributed by atoms with Gasteiger partial charge >= 0.3 is 0 Å². The Kier molecular flexibility index (Phi) is 4.05. The summed E-state index contributed by atoms with van der Waals surface area (Å²) in [5.41, 5.74) is 0. The number of hydrogen-bond acceptors (Lipinski definition) is 2. The molecule has 0 saturated heterocycles. The molecule has 0 radical (unpaired) electrons. The number of benzene rings is 2. The van der Waals surface area contributed by atoms with E-state index in [2.05, 4.69) is 55.2 Å². The molecule has 3 aromatic rings. The summed E-state index contributed by atoms with van der Waals surface area (Å²) in [5.74, 6) is 1.02. The summed E-state index contributed by atoms with van der Waals surface area (Å²) in [7, 11) is 1.52. The fourth-order valence-corrected chi connectivity index (χ4v) is 5.69. The third kappa shape index (κ3) is 2.72. The minimum atomic E-state index is -0.230. The highest BCUT2D eigenvalue weighted by Crippen LogP contribution is 2.40. The summed E-state index contributed by atoms with van der Waals surface area (Å²) in [4.78, 5) is 1.46. The van der Waals surface area contributed by atoms with Crippen molar-refractivity contribution in [3.63, 3.8) is 0 Å². The molecule has 1 aromatic heterocycles. The molecule has 3 heteroatoms. The van der Waals surface area contributed by atoms with Crippen molar-refractivity contribution >= 4 is 34.6 Å². The van der Waals surface area contributed by atoms with Gasteiger partial charge in [-0.05, 0) is 30.3 Å². The van der Waals surface area contributed by atoms with Crippen LogP contribution in [-0.4, -0.2) is 13.8 Å². The monoisotopic (exact) mass is 300 g/mol. The summed E-state index contributed by atoms with van der Waals surface area (Å²) >= 11 is 1.91. The molecule has 1 atom stereocenters. The van der Waals surface area contributed by atoms with Crippen molar-refractivity contribution in [2.45, 2.75) is 6.16 Å². The van der Waals surface area contributed by atoms with E-state index in [0.717, 1.165) is 11.9 Å². The van der Waals surface area contributed by atoms with Crippen molar-refractivity contribution in [2.75, 3.05) is 13.8 Å². The van der Waals surface area contributed by atoms with Crippen LogP contribution in [0.25, 0.3) is 10.1 Å². The van der Waals surface area contributed by atoms with Gasteiger partial charge in [-0.2, -0.15) is 0 Å². The van der Waals surface area contributed by atoms with E-state index in [1.165, 1.54) is 20.3 Å². The molecule has 0 aliphatic carbocycles. The molecule has 0 aliphatic rings. The molecule has 102 valence electrons. The Morgan fingerprint density at radius 2 is 1.80 bits per heavy atom. The summed E-state index contributed by atoms with van der Waals surface area (Å²) < 4.78 is 6.86. The van der Waals surface area contributed by atoms with Gasteiger partial charge < -0.3 is 4.74 Å². The molecule has 0 aliphatic heterocycles. The van der Waals surface area contributed by atoms with Crippen LogP contribution in [0.1, 0.15) is 4.88 Å². The number of fused-ring (bicyclic) bond motifs is 1. The largest absolute Gasteiger partial charge is 0.496 e. The molecule has 1 heterocycles. The van der Waals surface area contributed by atoms with Gasteiger partial charge in [0.05, 0.1) is 7.11 Å². The molecule has 0 amide bonds. The van der Waals surface area contributed by atoms with E-state index < -0.39 is 0 Å². The van der Waals surface area contributed by atoms with Crippen molar-refractivity contribution in [3.05, 3.63) is 59.5 Å². The zero-order chi connectivity index (χ0) is 13.9. The molecule has 0 fully saturated rings. The van der Waals surface area contributed by atoms with Crippen LogP contribution in [0, 0.1) is 0 Å². The third-order valence-electron chi connectivity index (χ3n) is 3.37. The smallest absolute Gasteiger partial charge is 0.126 e. The standard InChI is InChI=1S/C17H17OPS/c1-18-15-8-4-5-9-16(15)19(2)12-14-11-13-7-3-6-10-17(13)20-14/h3-11H,12H2,1-2H3. The number of hydrogen-bond donors (Lipinski definition) is 0. The molecule has 1 unspecified atom stereocenters.